The lowest BCUT2D eigenvalue weighted by Gasteiger charge is -2.15. The van der Waals surface area contributed by atoms with E-state index in [1.165, 1.54) is 11.8 Å². The lowest BCUT2D eigenvalue weighted by atomic mass is 10.1. The number of fused-ring (bicyclic) bond motifs is 1. The highest BCUT2D eigenvalue weighted by molar-refractivity contribution is 8.00. The van der Waals surface area contributed by atoms with E-state index in [9.17, 15) is 9.59 Å². The summed E-state index contributed by atoms with van der Waals surface area (Å²) in [5.74, 6) is 1.29. The molecule has 2 aromatic carbocycles. The van der Waals surface area contributed by atoms with Crippen LogP contribution in [0.2, 0.25) is 0 Å². The molecule has 4 aromatic rings. The van der Waals surface area contributed by atoms with Crippen LogP contribution in [0.3, 0.4) is 0 Å². The third kappa shape index (κ3) is 4.97. The highest BCUT2D eigenvalue weighted by Gasteiger charge is 2.19. The van der Waals surface area contributed by atoms with Gasteiger partial charge in [-0.15, -0.1) is 0 Å². The molecule has 0 bridgehead atoms. The molecule has 1 fully saturated rings. The van der Waals surface area contributed by atoms with Crippen molar-refractivity contribution in [3.63, 3.8) is 0 Å². The van der Waals surface area contributed by atoms with Crippen molar-refractivity contribution in [1.82, 2.24) is 20.2 Å². The minimum Gasteiger partial charge on any atom is -0.461 e. The molecule has 0 radical (unpaired) electrons. The summed E-state index contributed by atoms with van der Waals surface area (Å²) >= 11 is 1.37. The predicted octanol–water partition coefficient (Wildman–Crippen LogP) is 4.53. The number of nitrogens with one attached hydrogen (secondary N) is 1. The number of hydrogen-bond donors (Lipinski definition) is 1. The van der Waals surface area contributed by atoms with Crippen LogP contribution in [0.5, 0.6) is 0 Å². The highest BCUT2D eigenvalue weighted by atomic mass is 32.2. The molecular formula is C26H24N4O3S. The van der Waals surface area contributed by atoms with Crippen molar-refractivity contribution < 1.29 is 14.0 Å². The fourth-order valence-corrected chi connectivity index (χ4v) is 4.78. The van der Waals surface area contributed by atoms with Crippen LogP contribution in [0.4, 0.5) is 0 Å². The van der Waals surface area contributed by atoms with Crippen LogP contribution in [-0.2, 0) is 11.3 Å². The van der Waals surface area contributed by atoms with Gasteiger partial charge in [-0.25, -0.2) is 9.97 Å². The van der Waals surface area contributed by atoms with Gasteiger partial charge >= 0.3 is 0 Å². The number of nitrogens with zero attached hydrogens (tertiary/aromatic N) is 3. The zero-order chi connectivity index (χ0) is 23.3. The zero-order valence-corrected chi connectivity index (χ0v) is 19.4. The number of likely N-dealkylation sites (tertiary alicyclic amines) is 1. The summed E-state index contributed by atoms with van der Waals surface area (Å²) < 4.78 is 5.45. The average molecular weight is 473 g/mol. The smallest absolute Gasteiger partial charge is 0.253 e. The minimum absolute atomic E-state index is 0.0791. The number of rotatable bonds is 7. The topological polar surface area (TPSA) is 88.3 Å². The third-order valence-electron chi connectivity index (χ3n) is 5.73. The normalized spacial score (nSPS) is 13.4. The van der Waals surface area contributed by atoms with Crippen molar-refractivity contribution in [2.75, 3.05) is 18.8 Å². The molecule has 7 nitrogen and oxygen atoms in total. The van der Waals surface area contributed by atoms with E-state index in [4.69, 9.17) is 4.42 Å². The minimum atomic E-state index is -0.0931. The Morgan fingerprint density at radius 1 is 0.971 bits per heavy atom. The molecule has 1 N–H and O–H groups in total. The molecule has 0 unspecified atom stereocenters. The Morgan fingerprint density at radius 2 is 1.76 bits per heavy atom. The van der Waals surface area contributed by atoms with Gasteiger partial charge in [0.2, 0.25) is 5.91 Å². The van der Waals surface area contributed by atoms with Crippen molar-refractivity contribution >= 4 is 34.5 Å². The van der Waals surface area contributed by atoms with E-state index in [1.54, 1.807) is 12.3 Å². The standard InChI is InChI=1S/C26H24N4O3S/c31-23(27-16-18-9-11-19(12-10-18)26(32)30-13-3-4-14-30)17-34-25-20-6-1-2-7-21(20)28-24(29-25)22-8-5-15-33-22/h1-2,5-12,15H,3-4,13-14,16-17H2,(H,27,31). The van der Waals surface area contributed by atoms with Crippen LogP contribution in [0.15, 0.2) is 76.4 Å². The molecule has 1 aliphatic heterocycles. The first-order valence-corrected chi connectivity index (χ1v) is 12.2. The van der Waals surface area contributed by atoms with Crippen molar-refractivity contribution in [3.05, 3.63) is 78.1 Å². The van der Waals surface area contributed by atoms with E-state index in [1.807, 2.05) is 59.5 Å². The van der Waals surface area contributed by atoms with Gasteiger partial charge in [0.1, 0.15) is 5.03 Å². The molecule has 1 saturated heterocycles. The Bertz CT molecular complexity index is 1300. The number of benzene rings is 2. The van der Waals surface area contributed by atoms with Crippen molar-refractivity contribution in [3.8, 4) is 11.6 Å². The highest BCUT2D eigenvalue weighted by Crippen LogP contribution is 2.28. The van der Waals surface area contributed by atoms with Crippen molar-refractivity contribution in [2.24, 2.45) is 0 Å². The summed E-state index contributed by atoms with van der Waals surface area (Å²) in [5.41, 5.74) is 2.44. The van der Waals surface area contributed by atoms with Crippen molar-refractivity contribution in [2.45, 2.75) is 24.4 Å². The van der Waals surface area contributed by atoms with E-state index in [2.05, 4.69) is 15.3 Å². The van der Waals surface area contributed by atoms with Crippen LogP contribution in [0, 0.1) is 0 Å². The largest absolute Gasteiger partial charge is 0.461 e. The maximum absolute atomic E-state index is 12.5. The number of carbonyl (C=O) groups excluding carboxylic acids is 2. The van der Waals surface area contributed by atoms with Crippen LogP contribution in [0.25, 0.3) is 22.5 Å². The molecule has 34 heavy (non-hydrogen) atoms. The van der Waals surface area contributed by atoms with Gasteiger partial charge in [0.05, 0.1) is 17.5 Å². The van der Waals surface area contributed by atoms with Gasteiger partial charge in [0.25, 0.3) is 5.91 Å². The lowest BCUT2D eigenvalue weighted by molar-refractivity contribution is -0.118. The Kier molecular flexibility index (Phi) is 6.58. The molecule has 5 rings (SSSR count). The second-order valence-corrected chi connectivity index (χ2v) is 9.07. The maximum Gasteiger partial charge on any atom is 0.253 e. The molecule has 3 heterocycles. The molecule has 0 spiro atoms. The fourth-order valence-electron chi connectivity index (χ4n) is 3.93. The summed E-state index contributed by atoms with van der Waals surface area (Å²) in [6.07, 6.45) is 3.73. The van der Waals surface area contributed by atoms with E-state index >= 15 is 0 Å². The van der Waals surface area contributed by atoms with Crippen LogP contribution < -0.4 is 5.32 Å². The van der Waals surface area contributed by atoms with Crippen LogP contribution in [-0.4, -0.2) is 45.5 Å². The number of carbonyl (C=O) groups is 2. The summed E-state index contributed by atoms with van der Waals surface area (Å²) in [6, 6.07) is 18.8. The molecule has 2 amide bonds. The number of thioether (sulfide) groups is 1. The molecule has 2 aromatic heterocycles. The summed E-state index contributed by atoms with van der Waals surface area (Å²) in [7, 11) is 0. The zero-order valence-electron chi connectivity index (χ0n) is 18.6. The molecule has 172 valence electrons. The maximum atomic E-state index is 12.5. The Labute approximate surface area is 201 Å². The summed E-state index contributed by atoms with van der Waals surface area (Å²) in [5, 5.41) is 4.58. The second-order valence-electron chi connectivity index (χ2n) is 8.11. The van der Waals surface area contributed by atoms with Crippen LogP contribution >= 0.6 is 11.8 Å². The Balaban J connectivity index is 1.20. The Morgan fingerprint density at radius 3 is 2.53 bits per heavy atom. The van der Waals surface area contributed by atoms with Gasteiger partial charge in [-0.3, -0.25) is 9.59 Å². The van der Waals surface area contributed by atoms with Gasteiger partial charge in [-0.2, -0.15) is 0 Å². The molecule has 8 heteroatoms. The number of hydrogen-bond acceptors (Lipinski definition) is 6. The molecule has 0 saturated carbocycles. The number of aromatic nitrogens is 2. The van der Waals surface area contributed by atoms with E-state index in [-0.39, 0.29) is 17.6 Å². The van der Waals surface area contributed by atoms with E-state index in [0.717, 1.165) is 47.4 Å². The first-order chi connectivity index (χ1) is 16.7. The molecule has 0 aliphatic carbocycles. The molecular weight excluding hydrogens is 448 g/mol. The first-order valence-electron chi connectivity index (χ1n) is 11.3. The SMILES string of the molecule is O=C(CSc1nc(-c2ccco2)nc2ccccc12)NCc1ccc(C(=O)N2CCCC2)cc1. The summed E-state index contributed by atoms with van der Waals surface area (Å²) in [4.78, 5) is 36.1. The quantitative estimate of drug-likeness (QED) is 0.314. The Hall–Kier alpha value is -3.65. The molecule has 0 atom stereocenters. The van der Waals surface area contributed by atoms with E-state index in [0.29, 0.717) is 23.7 Å². The number of para-hydroxylation sites is 1. The molecule has 1 aliphatic rings. The van der Waals surface area contributed by atoms with Gasteiger partial charge in [0, 0.05) is 30.6 Å². The van der Waals surface area contributed by atoms with Gasteiger partial charge < -0.3 is 14.6 Å². The van der Waals surface area contributed by atoms with Crippen LogP contribution in [0.1, 0.15) is 28.8 Å². The summed E-state index contributed by atoms with van der Waals surface area (Å²) in [6.45, 7) is 2.07. The van der Waals surface area contributed by atoms with Gasteiger partial charge in [-0.1, -0.05) is 42.1 Å². The average Bonchev–Trinajstić information content (AvgIpc) is 3.61. The monoisotopic (exact) mass is 472 g/mol. The predicted molar refractivity (Wildman–Crippen MR) is 131 cm³/mol. The van der Waals surface area contributed by atoms with Gasteiger partial charge in [-0.05, 0) is 48.7 Å². The van der Waals surface area contributed by atoms with Crippen molar-refractivity contribution in [1.29, 1.82) is 0 Å². The lowest BCUT2D eigenvalue weighted by Crippen LogP contribution is -2.27. The fraction of sp³-hybridized carbons (Fsp3) is 0.231. The number of furan rings is 1. The van der Waals surface area contributed by atoms with Gasteiger partial charge in [0.15, 0.2) is 11.6 Å². The second kappa shape index (κ2) is 10.1. The third-order valence-corrected chi connectivity index (χ3v) is 6.72. The van der Waals surface area contributed by atoms with E-state index < -0.39 is 0 Å². The number of amides is 2. The first kappa shape index (κ1) is 22.2.